The maximum atomic E-state index is 9.15. The van der Waals surface area contributed by atoms with Gasteiger partial charge in [0.05, 0.1) is 6.61 Å². The molecule has 0 aliphatic carbocycles. The average molecular weight is 209 g/mol. The number of anilines is 1. The summed E-state index contributed by atoms with van der Waals surface area (Å²) < 4.78 is 0. The fourth-order valence-corrected chi connectivity index (χ4v) is 2.82. The maximum absolute atomic E-state index is 9.15. The third-order valence-electron chi connectivity index (χ3n) is 2.48. The lowest BCUT2D eigenvalue weighted by Crippen LogP contribution is -2.18. The fourth-order valence-electron chi connectivity index (χ4n) is 1.67. The second-order valence-electron chi connectivity index (χ2n) is 3.52. The third kappa shape index (κ3) is 2.22. The van der Waals surface area contributed by atoms with Gasteiger partial charge in [0, 0.05) is 23.0 Å². The molecular weight excluding hydrogens is 194 g/mol. The molecule has 0 spiro atoms. The molecule has 2 N–H and O–H groups in total. The molecule has 1 heterocycles. The SMILES string of the molecule is OCc1ccccc1N[C@@H]1CCSC1. The highest BCUT2D eigenvalue weighted by atomic mass is 32.2. The summed E-state index contributed by atoms with van der Waals surface area (Å²) in [6, 6.07) is 8.54. The zero-order chi connectivity index (χ0) is 9.80. The van der Waals surface area contributed by atoms with Crippen molar-refractivity contribution in [1.29, 1.82) is 0 Å². The predicted octanol–water partition coefficient (Wildman–Crippen LogP) is 2.10. The summed E-state index contributed by atoms with van der Waals surface area (Å²) in [6.45, 7) is 0.114. The average Bonchev–Trinajstić information content (AvgIpc) is 2.71. The Hall–Kier alpha value is -0.670. The number of hydrogen-bond donors (Lipinski definition) is 2. The molecule has 1 aromatic carbocycles. The fraction of sp³-hybridized carbons (Fsp3) is 0.455. The van der Waals surface area contributed by atoms with E-state index in [2.05, 4.69) is 5.32 Å². The van der Waals surface area contributed by atoms with E-state index in [4.69, 9.17) is 5.11 Å². The van der Waals surface area contributed by atoms with Gasteiger partial charge in [0.15, 0.2) is 0 Å². The molecular formula is C11H15NOS. The van der Waals surface area contributed by atoms with Crippen molar-refractivity contribution in [3.05, 3.63) is 29.8 Å². The van der Waals surface area contributed by atoms with Crippen molar-refractivity contribution in [3.8, 4) is 0 Å². The van der Waals surface area contributed by atoms with Gasteiger partial charge in [-0.3, -0.25) is 0 Å². The van der Waals surface area contributed by atoms with Gasteiger partial charge >= 0.3 is 0 Å². The van der Waals surface area contributed by atoms with Gasteiger partial charge in [-0.15, -0.1) is 0 Å². The smallest absolute Gasteiger partial charge is 0.0701 e. The van der Waals surface area contributed by atoms with Gasteiger partial charge in [-0.1, -0.05) is 18.2 Å². The van der Waals surface area contributed by atoms with Gasteiger partial charge in [0.25, 0.3) is 0 Å². The van der Waals surface area contributed by atoms with Gasteiger partial charge in [0.2, 0.25) is 0 Å². The molecule has 76 valence electrons. The molecule has 1 aliphatic heterocycles. The van der Waals surface area contributed by atoms with Crippen molar-refractivity contribution in [3.63, 3.8) is 0 Å². The topological polar surface area (TPSA) is 32.3 Å². The molecule has 0 aromatic heterocycles. The Morgan fingerprint density at radius 1 is 1.43 bits per heavy atom. The number of hydrogen-bond acceptors (Lipinski definition) is 3. The lowest BCUT2D eigenvalue weighted by Gasteiger charge is -2.15. The first-order chi connectivity index (χ1) is 6.90. The molecule has 0 saturated carbocycles. The van der Waals surface area contributed by atoms with Crippen LogP contribution in [0, 0.1) is 0 Å². The van der Waals surface area contributed by atoms with Crippen LogP contribution in [-0.4, -0.2) is 22.7 Å². The zero-order valence-electron chi connectivity index (χ0n) is 8.07. The number of aliphatic hydroxyl groups is 1. The van der Waals surface area contributed by atoms with Gasteiger partial charge in [0.1, 0.15) is 0 Å². The number of benzene rings is 1. The van der Waals surface area contributed by atoms with Gasteiger partial charge < -0.3 is 10.4 Å². The van der Waals surface area contributed by atoms with Crippen molar-refractivity contribution < 1.29 is 5.11 Å². The molecule has 0 amide bonds. The minimum absolute atomic E-state index is 0.114. The Bertz CT molecular complexity index is 297. The van der Waals surface area contributed by atoms with Crippen LogP contribution in [0.15, 0.2) is 24.3 Å². The van der Waals surface area contributed by atoms with E-state index in [1.54, 1.807) is 0 Å². The molecule has 1 saturated heterocycles. The largest absolute Gasteiger partial charge is 0.392 e. The van der Waals surface area contributed by atoms with Crippen LogP contribution in [0.5, 0.6) is 0 Å². The van der Waals surface area contributed by atoms with Gasteiger partial charge in [-0.2, -0.15) is 11.8 Å². The molecule has 0 unspecified atom stereocenters. The van der Waals surface area contributed by atoms with Crippen molar-refractivity contribution in [2.45, 2.75) is 19.1 Å². The van der Waals surface area contributed by atoms with Crippen LogP contribution in [0.25, 0.3) is 0 Å². The van der Waals surface area contributed by atoms with Crippen LogP contribution in [-0.2, 0) is 6.61 Å². The minimum atomic E-state index is 0.114. The summed E-state index contributed by atoms with van der Waals surface area (Å²) >= 11 is 1.99. The minimum Gasteiger partial charge on any atom is -0.392 e. The van der Waals surface area contributed by atoms with Crippen LogP contribution in [0.3, 0.4) is 0 Å². The highest BCUT2D eigenvalue weighted by molar-refractivity contribution is 7.99. The first-order valence-corrected chi connectivity index (χ1v) is 6.08. The molecule has 1 fully saturated rings. The van der Waals surface area contributed by atoms with Gasteiger partial charge in [-0.05, 0) is 18.2 Å². The van der Waals surface area contributed by atoms with Crippen molar-refractivity contribution in [2.24, 2.45) is 0 Å². The van der Waals surface area contributed by atoms with E-state index in [0.717, 1.165) is 11.3 Å². The summed E-state index contributed by atoms with van der Waals surface area (Å²) in [7, 11) is 0. The van der Waals surface area contributed by atoms with Crippen molar-refractivity contribution >= 4 is 17.4 Å². The molecule has 1 aliphatic rings. The third-order valence-corrected chi connectivity index (χ3v) is 3.64. The van der Waals surface area contributed by atoms with E-state index >= 15 is 0 Å². The maximum Gasteiger partial charge on any atom is 0.0701 e. The number of nitrogens with one attached hydrogen (secondary N) is 1. The number of thioether (sulfide) groups is 1. The van der Waals surface area contributed by atoms with E-state index in [1.165, 1.54) is 17.9 Å². The summed E-state index contributed by atoms with van der Waals surface area (Å²) in [5.41, 5.74) is 2.08. The number of rotatable bonds is 3. The van der Waals surface area contributed by atoms with Crippen LogP contribution in [0.1, 0.15) is 12.0 Å². The second-order valence-corrected chi connectivity index (χ2v) is 4.67. The monoisotopic (exact) mass is 209 g/mol. The Kier molecular flexibility index (Phi) is 3.32. The Morgan fingerprint density at radius 2 is 2.29 bits per heavy atom. The van der Waals surface area contributed by atoms with Crippen LogP contribution < -0.4 is 5.32 Å². The Labute approximate surface area is 88.7 Å². The summed E-state index contributed by atoms with van der Waals surface area (Å²) in [6.07, 6.45) is 1.23. The highest BCUT2D eigenvalue weighted by Crippen LogP contribution is 2.23. The lowest BCUT2D eigenvalue weighted by molar-refractivity contribution is 0.282. The Balaban J connectivity index is 2.07. The summed E-state index contributed by atoms with van der Waals surface area (Å²) in [4.78, 5) is 0. The molecule has 1 atom stereocenters. The highest BCUT2D eigenvalue weighted by Gasteiger charge is 2.15. The standard InChI is InChI=1S/C11H15NOS/c13-7-9-3-1-2-4-11(9)12-10-5-6-14-8-10/h1-4,10,12-13H,5-8H2/t10-/m1/s1. The van der Waals surface area contributed by atoms with E-state index in [0.29, 0.717) is 6.04 Å². The first kappa shape index (κ1) is 9.87. The molecule has 0 radical (unpaired) electrons. The van der Waals surface area contributed by atoms with E-state index in [9.17, 15) is 0 Å². The van der Waals surface area contributed by atoms with Crippen molar-refractivity contribution in [1.82, 2.24) is 0 Å². The van der Waals surface area contributed by atoms with E-state index in [1.807, 2.05) is 36.0 Å². The molecule has 3 heteroatoms. The molecule has 1 aromatic rings. The second kappa shape index (κ2) is 4.71. The zero-order valence-corrected chi connectivity index (χ0v) is 8.89. The lowest BCUT2D eigenvalue weighted by atomic mass is 10.1. The normalized spacial score (nSPS) is 21.1. The molecule has 2 rings (SSSR count). The summed E-state index contributed by atoms with van der Waals surface area (Å²) in [5, 5.41) is 12.6. The number of aliphatic hydroxyl groups excluding tert-OH is 1. The molecule has 2 nitrogen and oxygen atoms in total. The first-order valence-electron chi connectivity index (χ1n) is 4.93. The van der Waals surface area contributed by atoms with Crippen molar-refractivity contribution in [2.75, 3.05) is 16.8 Å². The quantitative estimate of drug-likeness (QED) is 0.799. The van der Waals surface area contributed by atoms with Crippen LogP contribution >= 0.6 is 11.8 Å². The van der Waals surface area contributed by atoms with Crippen LogP contribution in [0.4, 0.5) is 5.69 Å². The summed E-state index contributed by atoms with van der Waals surface area (Å²) in [5.74, 6) is 2.43. The van der Waals surface area contributed by atoms with E-state index in [-0.39, 0.29) is 6.61 Å². The predicted molar refractivity (Wildman–Crippen MR) is 61.7 cm³/mol. The molecule has 14 heavy (non-hydrogen) atoms. The molecule has 0 bridgehead atoms. The van der Waals surface area contributed by atoms with Gasteiger partial charge in [-0.25, -0.2) is 0 Å². The Morgan fingerprint density at radius 3 is 3.00 bits per heavy atom. The van der Waals surface area contributed by atoms with Crippen LogP contribution in [0.2, 0.25) is 0 Å². The number of para-hydroxylation sites is 1. The van der Waals surface area contributed by atoms with E-state index < -0.39 is 0 Å².